The van der Waals surface area contributed by atoms with Crippen LogP contribution in [0.3, 0.4) is 0 Å². The lowest BCUT2D eigenvalue weighted by atomic mass is 9.60. The molecule has 0 bridgehead atoms. The molecule has 1 heterocycles. The first-order valence-corrected chi connectivity index (χ1v) is 12.8. The molecule has 7 rings (SSSR count). The molecule has 7 heteroatoms. The van der Waals surface area contributed by atoms with Gasteiger partial charge < -0.3 is 4.74 Å². The molecule has 5 nitrogen and oxygen atoms in total. The lowest BCUT2D eigenvalue weighted by Crippen LogP contribution is -2.51. The van der Waals surface area contributed by atoms with Gasteiger partial charge >= 0.3 is 0 Å². The van der Waals surface area contributed by atoms with E-state index < -0.39 is 52.0 Å². The average Bonchev–Trinajstić information content (AvgIpc) is 3.47. The zero-order chi connectivity index (χ0) is 27.1. The number of rotatable bonds is 2. The molecule has 0 radical (unpaired) electrons. The van der Waals surface area contributed by atoms with Gasteiger partial charge in [-0.05, 0) is 35.4 Å². The van der Waals surface area contributed by atoms with Crippen molar-refractivity contribution >= 4 is 34.7 Å². The zero-order valence-electron chi connectivity index (χ0n) is 20.2. The summed E-state index contributed by atoms with van der Waals surface area (Å²) in [6, 6.07) is 24.4. The largest absolute Gasteiger partial charge is 0.348 e. The van der Waals surface area contributed by atoms with Gasteiger partial charge in [-0.2, -0.15) is 0 Å². The Morgan fingerprint density at radius 2 is 1.13 bits per heavy atom. The number of benzene rings is 4. The van der Waals surface area contributed by atoms with Crippen LogP contribution in [0.4, 0.5) is 4.39 Å². The van der Waals surface area contributed by atoms with Crippen molar-refractivity contribution in [3.05, 3.63) is 141 Å². The predicted octanol–water partition coefficient (Wildman–Crippen LogP) is 6.22. The number of hydrogen-bond donors (Lipinski definition) is 0. The van der Waals surface area contributed by atoms with Crippen molar-refractivity contribution in [3.63, 3.8) is 0 Å². The van der Waals surface area contributed by atoms with Crippen molar-refractivity contribution < 1.29 is 28.3 Å². The highest BCUT2D eigenvalue weighted by Crippen LogP contribution is 2.67. The van der Waals surface area contributed by atoms with Gasteiger partial charge in [0.2, 0.25) is 17.2 Å². The third-order valence-electron chi connectivity index (χ3n) is 8.19. The maximum Gasteiger partial charge on any atom is 0.204 e. The van der Waals surface area contributed by atoms with Crippen molar-refractivity contribution in [1.29, 1.82) is 0 Å². The van der Waals surface area contributed by atoms with E-state index in [-0.39, 0.29) is 27.8 Å². The molecule has 0 aromatic heterocycles. The topological polar surface area (TPSA) is 77.5 Å². The van der Waals surface area contributed by atoms with E-state index in [4.69, 9.17) is 16.3 Å². The Morgan fingerprint density at radius 1 is 0.615 bits per heavy atom. The molecule has 3 aliphatic rings. The molecule has 0 saturated carbocycles. The standard InChI is InChI=1S/C32H18ClFO5/c33-19-14-12-17(13-15-19)30-31(26(35)21-8-1-2-9-22(21)27(31)36)25(18-6-5-7-20(34)16-18)32(39-30)28(37)23-10-3-4-11-24(23)29(32)38/h1-16,25,30H. The van der Waals surface area contributed by atoms with E-state index in [1.54, 1.807) is 60.7 Å². The van der Waals surface area contributed by atoms with Crippen molar-refractivity contribution in [2.75, 3.05) is 0 Å². The molecule has 0 N–H and O–H groups in total. The van der Waals surface area contributed by atoms with Gasteiger partial charge in [0, 0.05) is 27.3 Å². The van der Waals surface area contributed by atoms with E-state index in [1.165, 1.54) is 30.3 Å². The highest BCUT2D eigenvalue weighted by Gasteiger charge is 2.79. The molecule has 1 fully saturated rings. The van der Waals surface area contributed by atoms with Crippen LogP contribution in [0.5, 0.6) is 0 Å². The Morgan fingerprint density at radius 3 is 1.64 bits per heavy atom. The number of fused-ring (bicyclic) bond motifs is 2. The van der Waals surface area contributed by atoms with Crippen molar-refractivity contribution in [1.82, 2.24) is 0 Å². The fourth-order valence-electron chi connectivity index (χ4n) is 6.65. The third kappa shape index (κ3) is 2.87. The second kappa shape index (κ2) is 8.12. The molecular weight excluding hydrogens is 519 g/mol. The van der Waals surface area contributed by atoms with Gasteiger partial charge in [-0.3, -0.25) is 19.2 Å². The molecular formula is C32H18ClFO5. The molecule has 190 valence electrons. The van der Waals surface area contributed by atoms with Crippen LogP contribution >= 0.6 is 11.6 Å². The monoisotopic (exact) mass is 536 g/mol. The van der Waals surface area contributed by atoms with Crippen LogP contribution in [-0.4, -0.2) is 28.7 Å². The van der Waals surface area contributed by atoms with Gasteiger partial charge in [0.15, 0.2) is 11.6 Å². The van der Waals surface area contributed by atoms with Crippen LogP contribution in [0, 0.1) is 11.2 Å². The first-order valence-electron chi connectivity index (χ1n) is 12.4. The highest BCUT2D eigenvalue weighted by atomic mass is 35.5. The van der Waals surface area contributed by atoms with Crippen LogP contribution in [0.1, 0.15) is 64.6 Å². The Balaban J connectivity index is 1.60. The summed E-state index contributed by atoms with van der Waals surface area (Å²) in [6.45, 7) is 0. The molecule has 2 aliphatic carbocycles. The minimum atomic E-state index is -2.27. The molecule has 4 aromatic rings. The van der Waals surface area contributed by atoms with Crippen molar-refractivity contribution in [3.8, 4) is 0 Å². The summed E-state index contributed by atoms with van der Waals surface area (Å²) in [4.78, 5) is 57.6. The molecule has 2 atom stereocenters. The van der Waals surface area contributed by atoms with E-state index in [9.17, 15) is 23.6 Å². The Labute approximate surface area is 227 Å². The van der Waals surface area contributed by atoms with Gasteiger partial charge in [0.1, 0.15) is 17.3 Å². The minimum Gasteiger partial charge on any atom is -0.348 e. The lowest BCUT2D eigenvalue weighted by molar-refractivity contribution is -0.0210. The minimum absolute atomic E-state index is 0.131. The lowest BCUT2D eigenvalue weighted by Gasteiger charge is -2.34. The summed E-state index contributed by atoms with van der Waals surface area (Å²) < 4.78 is 21.3. The first-order chi connectivity index (χ1) is 18.8. The molecule has 1 aliphatic heterocycles. The number of ether oxygens (including phenoxy) is 1. The van der Waals surface area contributed by atoms with E-state index in [0.717, 1.165) is 6.07 Å². The number of ketones is 4. The smallest absolute Gasteiger partial charge is 0.204 e. The van der Waals surface area contributed by atoms with E-state index in [2.05, 4.69) is 0 Å². The molecule has 0 amide bonds. The molecule has 39 heavy (non-hydrogen) atoms. The number of carbonyl (C=O) groups excluding carboxylic acids is 4. The van der Waals surface area contributed by atoms with Gasteiger partial charge in [0.05, 0.1) is 5.92 Å². The predicted molar refractivity (Wildman–Crippen MR) is 140 cm³/mol. The number of hydrogen-bond acceptors (Lipinski definition) is 5. The highest BCUT2D eigenvalue weighted by molar-refractivity contribution is 6.37. The summed E-state index contributed by atoms with van der Waals surface area (Å²) in [6.07, 6.45) is -1.34. The summed E-state index contributed by atoms with van der Waals surface area (Å²) in [5.41, 5.74) is -3.19. The SMILES string of the molecule is O=C1c2ccccc2C(=O)C12OC(c1ccc(Cl)cc1)C1(C(=O)c3ccccc3C1=O)C2c1cccc(F)c1. The fraction of sp³-hybridized carbons (Fsp3) is 0.125. The van der Waals surface area contributed by atoms with Gasteiger partial charge in [-0.25, -0.2) is 4.39 Å². The summed E-state index contributed by atoms with van der Waals surface area (Å²) in [5, 5.41) is 0.412. The summed E-state index contributed by atoms with van der Waals surface area (Å²) in [7, 11) is 0. The van der Waals surface area contributed by atoms with E-state index in [0.29, 0.717) is 10.6 Å². The second-order valence-corrected chi connectivity index (χ2v) is 10.5. The van der Waals surface area contributed by atoms with E-state index >= 15 is 0 Å². The quantitative estimate of drug-likeness (QED) is 0.284. The molecule has 2 spiro atoms. The molecule has 4 aromatic carbocycles. The summed E-state index contributed by atoms with van der Waals surface area (Å²) in [5.74, 6) is -4.56. The maximum absolute atomic E-state index is 14.8. The van der Waals surface area contributed by atoms with Crippen LogP contribution in [0.2, 0.25) is 5.02 Å². The van der Waals surface area contributed by atoms with Crippen LogP contribution in [0.15, 0.2) is 97.1 Å². The second-order valence-electron chi connectivity index (χ2n) is 10.0. The molecule has 2 unspecified atom stereocenters. The normalized spacial score (nSPS) is 22.1. The van der Waals surface area contributed by atoms with Crippen LogP contribution in [-0.2, 0) is 4.74 Å². The third-order valence-corrected chi connectivity index (χ3v) is 8.44. The first kappa shape index (κ1) is 23.8. The number of carbonyl (C=O) groups is 4. The van der Waals surface area contributed by atoms with E-state index in [1.807, 2.05) is 0 Å². The number of halogens is 2. The average molecular weight is 537 g/mol. The summed E-state index contributed by atoms with van der Waals surface area (Å²) >= 11 is 6.15. The van der Waals surface area contributed by atoms with Crippen LogP contribution < -0.4 is 0 Å². The van der Waals surface area contributed by atoms with Gasteiger partial charge in [0.25, 0.3) is 0 Å². The van der Waals surface area contributed by atoms with Crippen LogP contribution in [0.25, 0.3) is 0 Å². The van der Waals surface area contributed by atoms with Crippen molar-refractivity contribution in [2.24, 2.45) is 5.41 Å². The number of Topliss-reactive ketones (excluding diaryl/α,β-unsaturated/α-hetero) is 4. The van der Waals surface area contributed by atoms with Gasteiger partial charge in [-0.15, -0.1) is 0 Å². The Bertz CT molecular complexity index is 1690. The Kier molecular flexibility index (Phi) is 4.96. The van der Waals surface area contributed by atoms with Crippen molar-refractivity contribution in [2.45, 2.75) is 17.6 Å². The molecule has 1 saturated heterocycles. The fourth-order valence-corrected chi connectivity index (χ4v) is 6.78. The van der Waals surface area contributed by atoms with Gasteiger partial charge in [-0.1, -0.05) is 84.4 Å². The zero-order valence-corrected chi connectivity index (χ0v) is 20.9. The maximum atomic E-state index is 14.8. The Hall–Kier alpha value is -4.26.